The van der Waals surface area contributed by atoms with E-state index in [1.54, 1.807) is 6.07 Å². The van der Waals surface area contributed by atoms with Crippen LogP contribution in [0.1, 0.15) is 30.8 Å². The number of thiophene rings is 1. The van der Waals surface area contributed by atoms with Gasteiger partial charge >= 0.3 is 0 Å². The lowest BCUT2D eigenvalue weighted by Gasteiger charge is -2.17. The zero-order chi connectivity index (χ0) is 18.0. The maximum Gasteiger partial charge on any atom is 0.257 e. The lowest BCUT2D eigenvalue weighted by molar-refractivity contribution is -0.120. The lowest BCUT2D eigenvalue weighted by Crippen LogP contribution is -2.30. The Balaban J connectivity index is 1.84. The van der Waals surface area contributed by atoms with Gasteiger partial charge < -0.3 is 5.32 Å². The van der Waals surface area contributed by atoms with Gasteiger partial charge in [-0.1, -0.05) is 13.0 Å². The van der Waals surface area contributed by atoms with E-state index in [4.69, 9.17) is 0 Å². The van der Waals surface area contributed by atoms with Crippen LogP contribution >= 0.6 is 11.3 Å². The van der Waals surface area contributed by atoms with Gasteiger partial charge in [0, 0.05) is 16.7 Å². The van der Waals surface area contributed by atoms with Gasteiger partial charge in [-0.05, 0) is 31.7 Å². The summed E-state index contributed by atoms with van der Waals surface area (Å²) in [5.41, 5.74) is 1.41. The van der Waals surface area contributed by atoms with Crippen molar-refractivity contribution in [1.29, 1.82) is 0 Å². The van der Waals surface area contributed by atoms with Crippen LogP contribution in [-0.2, 0) is 16.0 Å². The standard InChI is InChI=1S/C17H19N5O2S/c1-4-13-11(3)18-17(20-16(13)24)22-14(8-10(2)21-22)19-15(23)9-12-6-5-7-25-12/h5-8,13H,4,9H2,1-3H3,(H,19,23). The first kappa shape index (κ1) is 17.2. The SMILES string of the molecule is CCC1C(=O)N=C(n2nc(C)cc2NC(=O)Cc2cccs2)N=C1C. The smallest absolute Gasteiger partial charge is 0.257 e. The van der Waals surface area contributed by atoms with E-state index >= 15 is 0 Å². The number of hydrogen-bond donors (Lipinski definition) is 1. The summed E-state index contributed by atoms with van der Waals surface area (Å²) < 4.78 is 1.41. The second-order valence-electron chi connectivity index (χ2n) is 5.85. The van der Waals surface area contributed by atoms with Crippen LogP contribution in [0.4, 0.5) is 5.82 Å². The third-order valence-electron chi connectivity index (χ3n) is 3.90. The maximum absolute atomic E-state index is 12.3. The highest BCUT2D eigenvalue weighted by atomic mass is 32.1. The molecule has 7 nitrogen and oxygen atoms in total. The molecule has 0 saturated carbocycles. The molecule has 0 fully saturated rings. The Bertz CT molecular complexity index is 864. The summed E-state index contributed by atoms with van der Waals surface area (Å²) in [5.74, 6) is -0.0198. The molecule has 0 spiro atoms. The number of aromatic nitrogens is 2. The molecule has 1 aliphatic heterocycles. The van der Waals surface area contributed by atoms with E-state index in [2.05, 4.69) is 20.4 Å². The lowest BCUT2D eigenvalue weighted by atomic mass is 10.00. The number of aliphatic imine (C=N–C) groups is 2. The van der Waals surface area contributed by atoms with Gasteiger partial charge in [0.05, 0.1) is 18.0 Å². The summed E-state index contributed by atoms with van der Waals surface area (Å²) in [5, 5.41) is 9.08. The Hall–Kier alpha value is -2.61. The highest BCUT2D eigenvalue weighted by molar-refractivity contribution is 7.10. The normalized spacial score (nSPS) is 17.2. The molecule has 0 aromatic carbocycles. The van der Waals surface area contributed by atoms with Crippen molar-refractivity contribution in [1.82, 2.24) is 9.78 Å². The third-order valence-corrected chi connectivity index (χ3v) is 4.78. The fraction of sp³-hybridized carbons (Fsp3) is 0.353. The van der Waals surface area contributed by atoms with E-state index in [0.717, 1.165) is 4.88 Å². The highest BCUT2D eigenvalue weighted by Crippen LogP contribution is 2.18. The second-order valence-corrected chi connectivity index (χ2v) is 6.88. The molecule has 3 rings (SSSR count). The Morgan fingerprint density at radius 2 is 2.16 bits per heavy atom. The first-order valence-corrected chi connectivity index (χ1v) is 8.93. The van der Waals surface area contributed by atoms with Gasteiger partial charge in [-0.2, -0.15) is 14.8 Å². The predicted octanol–water partition coefficient (Wildman–Crippen LogP) is 2.67. The number of nitrogens with one attached hydrogen (secondary N) is 1. The topological polar surface area (TPSA) is 88.7 Å². The minimum absolute atomic E-state index is 0.154. The van der Waals surface area contributed by atoms with Gasteiger partial charge in [0.25, 0.3) is 11.9 Å². The molecule has 2 aromatic heterocycles. The molecule has 0 aliphatic carbocycles. The van der Waals surface area contributed by atoms with Gasteiger partial charge in [0.2, 0.25) is 5.91 Å². The number of hydrogen-bond acceptors (Lipinski definition) is 5. The number of anilines is 1. The van der Waals surface area contributed by atoms with Crippen LogP contribution in [0, 0.1) is 12.8 Å². The number of nitrogens with zero attached hydrogens (tertiary/aromatic N) is 4. The van der Waals surface area contributed by atoms with Gasteiger partial charge in [-0.15, -0.1) is 11.3 Å². The van der Waals surface area contributed by atoms with Crippen molar-refractivity contribution in [2.75, 3.05) is 5.32 Å². The van der Waals surface area contributed by atoms with Crippen molar-refractivity contribution >= 4 is 40.6 Å². The monoisotopic (exact) mass is 357 g/mol. The Morgan fingerprint density at radius 3 is 2.80 bits per heavy atom. The molecule has 130 valence electrons. The molecule has 3 heterocycles. The zero-order valence-electron chi connectivity index (χ0n) is 14.3. The van der Waals surface area contributed by atoms with Crippen LogP contribution in [0.3, 0.4) is 0 Å². The van der Waals surface area contributed by atoms with Crippen molar-refractivity contribution in [2.45, 2.75) is 33.6 Å². The molecule has 1 unspecified atom stereocenters. The Labute approximate surface area is 149 Å². The van der Waals surface area contributed by atoms with Gasteiger partial charge in [-0.25, -0.2) is 4.99 Å². The summed E-state index contributed by atoms with van der Waals surface area (Å²) in [6.45, 7) is 5.55. The summed E-state index contributed by atoms with van der Waals surface area (Å²) >= 11 is 1.53. The molecule has 2 amide bonds. The summed E-state index contributed by atoms with van der Waals surface area (Å²) in [4.78, 5) is 33.9. The van der Waals surface area contributed by atoms with Crippen LogP contribution in [0.25, 0.3) is 0 Å². The minimum Gasteiger partial charge on any atom is -0.310 e. The van der Waals surface area contributed by atoms with Crippen molar-refractivity contribution in [2.24, 2.45) is 15.9 Å². The van der Waals surface area contributed by atoms with Gasteiger partial charge in [-0.3, -0.25) is 9.59 Å². The summed E-state index contributed by atoms with van der Waals surface area (Å²) in [6.07, 6.45) is 0.945. The number of rotatable bonds is 4. The molecule has 25 heavy (non-hydrogen) atoms. The molecule has 0 saturated heterocycles. The first-order chi connectivity index (χ1) is 12.0. The average molecular weight is 357 g/mol. The average Bonchev–Trinajstić information content (AvgIpc) is 3.16. The summed E-state index contributed by atoms with van der Waals surface area (Å²) in [6, 6.07) is 5.55. The zero-order valence-corrected chi connectivity index (χ0v) is 15.1. The molecule has 0 bridgehead atoms. The molecular formula is C17H19N5O2S. The van der Waals surface area contributed by atoms with Crippen LogP contribution in [0.5, 0.6) is 0 Å². The predicted molar refractivity (Wildman–Crippen MR) is 98.3 cm³/mol. The maximum atomic E-state index is 12.3. The van der Waals surface area contributed by atoms with E-state index in [0.29, 0.717) is 23.6 Å². The van der Waals surface area contributed by atoms with E-state index in [-0.39, 0.29) is 30.1 Å². The van der Waals surface area contributed by atoms with E-state index in [1.807, 2.05) is 38.3 Å². The van der Waals surface area contributed by atoms with Crippen LogP contribution in [0.2, 0.25) is 0 Å². The Kier molecular flexibility index (Phi) is 4.89. The van der Waals surface area contributed by atoms with Crippen LogP contribution in [0.15, 0.2) is 33.6 Å². The molecule has 1 N–H and O–H groups in total. The second kappa shape index (κ2) is 7.10. The molecule has 1 aliphatic rings. The number of carbonyl (C=O) groups is 2. The summed E-state index contributed by atoms with van der Waals surface area (Å²) in [7, 11) is 0. The Morgan fingerprint density at radius 1 is 1.36 bits per heavy atom. The molecule has 8 heteroatoms. The number of amides is 2. The molecule has 0 radical (unpaired) electrons. The van der Waals surface area contributed by atoms with E-state index in [1.165, 1.54) is 16.0 Å². The van der Waals surface area contributed by atoms with Crippen molar-refractivity contribution in [3.63, 3.8) is 0 Å². The van der Waals surface area contributed by atoms with Crippen molar-refractivity contribution < 1.29 is 9.59 Å². The van der Waals surface area contributed by atoms with Crippen molar-refractivity contribution in [3.05, 3.63) is 34.2 Å². The number of carbonyl (C=O) groups excluding carboxylic acids is 2. The minimum atomic E-state index is -0.280. The molecular weight excluding hydrogens is 338 g/mol. The quantitative estimate of drug-likeness (QED) is 0.912. The van der Waals surface area contributed by atoms with Crippen LogP contribution < -0.4 is 5.32 Å². The largest absolute Gasteiger partial charge is 0.310 e. The first-order valence-electron chi connectivity index (χ1n) is 8.05. The highest BCUT2D eigenvalue weighted by Gasteiger charge is 2.26. The van der Waals surface area contributed by atoms with E-state index in [9.17, 15) is 9.59 Å². The fourth-order valence-electron chi connectivity index (χ4n) is 2.68. The third kappa shape index (κ3) is 3.74. The fourth-order valence-corrected chi connectivity index (χ4v) is 3.38. The van der Waals surface area contributed by atoms with Crippen LogP contribution in [-0.4, -0.2) is 33.3 Å². The number of aryl methyl sites for hydroxylation is 1. The van der Waals surface area contributed by atoms with E-state index < -0.39 is 0 Å². The molecule has 2 aromatic rings. The van der Waals surface area contributed by atoms with Gasteiger partial charge in [0.15, 0.2) is 0 Å². The van der Waals surface area contributed by atoms with Crippen molar-refractivity contribution in [3.8, 4) is 0 Å². The van der Waals surface area contributed by atoms with Gasteiger partial charge in [0.1, 0.15) is 5.82 Å². The molecule has 1 atom stereocenters.